The van der Waals surface area contributed by atoms with Crippen LogP contribution in [0.5, 0.6) is 0 Å². The lowest BCUT2D eigenvalue weighted by atomic mass is 10.1. The van der Waals surface area contributed by atoms with Gasteiger partial charge in [-0.3, -0.25) is 9.36 Å². The van der Waals surface area contributed by atoms with Crippen molar-refractivity contribution < 1.29 is 19.8 Å². The quantitative estimate of drug-likeness (QED) is 0.793. The summed E-state index contributed by atoms with van der Waals surface area (Å²) in [5, 5.41) is 18.5. The number of carboxylic acids is 1. The van der Waals surface area contributed by atoms with Crippen LogP contribution >= 0.6 is 12.4 Å². The molecule has 102 valence electrons. The standard InChI is InChI=1S/C12H12N2O4.ClH/c13-9(11(15)16)5-7-6-14(12(17)18)10-4-2-1-3-8(7)10;/h1-4,6,9H,5,13H2,(H,15,16)(H,17,18);1H. The fourth-order valence-corrected chi connectivity index (χ4v) is 1.90. The molecule has 0 saturated carbocycles. The molecule has 0 bridgehead atoms. The summed E-state index contributed by atoms with van der Waals surface area (Å²) in [4.78, 5) is 21.8. The van der Waals surface area contributed by atoms with Crippen molar-refractivity contribution in [2.45, 2.75) is 12.5 Å². The van der Waals surface area contributed by atoms with Crippen LogP contribution in [-0.2, 0) is 11.2 Å². The van der Waals surface area contributed by atoms with Gasteiger partial charge in [-0.1, -0.05) is 18.2 Å². The summed E-state index contributed by atoms with van der Waals surface area (Å²) in [6.07, 6.45) is 0.396. The highest BCUT2D eigenvalue weighted by Gasteiger charge is 2.17. The molecule has 0 saturated heterocycles. The fourth-order valence-electron chi connectivity index (χ4n) is 1.90. The van der Waals surface area contributed by atoms with Gasteiger partial charge in [0.15, 0.2) is 0 Å². The van der Waals surface area contributed by atoms with Crippen molar-refractivity contribution in [3.05, 3.63) is 36.0 Å². The molecule has 1 heterocycles. The minimum atomic E-state index is -1.11. The van der Waals surface area contributed by atoms with E-state index in [4.69, 9.17) is 15.9 Å². The summed E-state index contributed by atoms with van der Waals surface area (Å²) in [6.45, 7) is 0. The molecule has 0 aliphatic rings. The third-order valence-electron chi connectivity index (χ3n) is 2.76. The first-order valence-electron chi connectivity index (χ1n) is 5.31. The van der Waals surface area contributed by atoms with E-state index in [9.17, 15) is 9.59 Å². The monoisotopic (exact) mass is 284 g/mol. The predicted molar refractivity (Wildman–Crippen MR) is 71.9 cm³/mol. The SMILES string of the molecule is Cl.NC(Cc1cn(C(=O)O)c2ccccc12)C(=O)O. The van der Waals surface area contributed by atoms with E-state index in [0.29, 0.717) is 16.5 Å². The molecule has 0 fully saturated rings. The van der Waals surface area contributed by atoms with E-state index in [1.807, 2.05) is 0 Å². The largest absolute Gasteiger partial charge is 0.480 e. The van der Waals surface area contributed by atoms with Crippen molar-refractivity contribution >= 4 is 35.4 Å². The van der Waals surface area contributed by atoms with Gasteiger partial charge in [-0.2, -0.15) is 0 Å². The Labute approximate surface area is 114 Å². The van der Waals surface area contributed by atoms with Gasteiger partial charge >= 0.3 is 12.1 Å². The number of fused-ring (bicyclic) bond motifs is 1. The number of nitrogens with zero attached hydrogens (tertiary/aromatic N) is 1. The van der Waals surface area contributed by atoms with Gasteiger partial charge in [-0.25, -0.2) is 4.79 Å². The smallest absolute Gasteiger partial charge is 0.416 e. The lowest BCUT2D eigenvalue weighted by Gasteiger charge is -2.04. The molecule has 0 aliphatic carbocycles. The number of nitrogens with two attached hydrogens (primary N) is 1. The van der Waals surface area contributed by atoms with Gasteiger partial charge in [0.1, 0.15) is 6.04 Å². The van der Waals surface area contributed by atoms with E-state index in [0.717, 1.165) is 4.57 Å². The molecule has 0 amide bonds. The molecule has 1 aromatic heterocycles. The van der Waals surface area contributed by atoms with Crippen molar-refractivity contribution in [3.63, 3.8) is 0 Å². The predicted octanol–water partition coefficient (Wildman–Crippen LogP) is 1.54. The van der Waals surface area contributed by atoms with Crippen LogP contribution in [0.2, 0.25) is 0 Å². The van der Waals surface area contributed by atoms with Crippen LogP contribution in [0.25, 0.3) is 10.9 Å². The number of rotatable bonds is 3. The van der Waals surface area contributed by atoms with E-state index < -0.39 is 18.1 Å². The fraction of sp³-hybridized carbons (Fsp3) is 0.167. The maximum absolute atomic E-state index is 11.1. The second-order valence-electron chi connectivity index (χ2n) is 3.97. The second kappa shape index (κ2) is 5.73. The summed E-state index contributed by atoms with van der Waals surface area (Å²) in [7, 11) is 0. The highest BCUT2D eigenvalue weighted by atomic mass is 35.5. The van der Waals surface area contributed by atoms with E-state index >= 15 is 0 Å². The number of halogens is 1. The highest BCUT2D eigenvalue weighted by molar-refractivity contribution is 5.91. The Hall–Kier alpha value is -2.05. The number of hydrogen-bond donors (Lipinski definition) is 3. The van der Waals surface area contributed by atoms with Gasteiger partial charge in [-0.15, -0.1) is 12.4 Å². The third-order valence-corrected chi connectivity index (χ3v) is 2.76. The van der Waals surface area contributed by atoms with Gasteiger partial charge < -0.3 is 15.9 Å². The minimum absolute atomic E-state index is 0. The summed E-state index contributed by atoms with van der Waals surface area (Å²) in [6, 6.07) is 5.86. The molecular weight excluding hydrogens is 272 g/mol. The summed E-state index contributed by atoms with van der Waals surface area (Å²) >= 11 is 0. The molecule has 19 heavy (non-hydrogen) atoms. The van der Waals surface area contributed by atoms with E-state index in [-0.39, 0.29) is 18.8 Å². The first kappa shape index (κ1) is 15.0. The van der Waals surface area contributed by atoms with Crippen LogP contribution in [0, 0.1) is 0 Å². The van der Waals surface area contributed by atoms with Gasteiger partial charge in [0.2, 0.25) is 0 Å². The molecule has 1 unspecified atom stereocenters. The van der Waals surface area contributed by atoms with E-state index in [1.54, 1.807) is 24.3 Å². The number of para-hydroxylation sites is 1. The van der Waals surface area contributed by atoms with E-state index in [1.165, 1.54) is 6.20 Å². The summed E-state index contributed by atoms with van der Waals surface area (Å²) < 4.78 is 1.07. The van der Waals surface area contributed by atoms with Crippen LogP contribution < -0.4 is 5.73 Å². The van der Waals surface area contributed by atoms with Crippen LogP contribution in [0.3, 0.4) is 0 Å². The number of carboxylic acid groups (broad SMARTS) is 2. The Morgan fingerprint density at radius 3 is 2.47 bits per heavy atom. The van der Waals surface area contributed by atoms with Gasteiger partial charge in [-0.05, 0) is 11.6 Å². The van der Waals surface area contributed by atoms with Crippen molar-refractivity contribution in [1.29, 1.82) is 0 Å². The van der Waals surface area contributed by atoms with Gasteiger partial charge in [0.25, 0.3) is 0 Å². The topological polar surface area (TPSA) is 106 Å². The number of benzene rings is 1. The zero-order valence-electron chi connectivity index (χ0n) is 9.81. The third kappa shape index (κ3) is 2.86. The average Bonchev–Trinajstić information content (AvgIpc) is 2.68. The Kier molecular flexibility index (Phi) is 4.52. The Balaban J connectivity index is 0.00000180. The molecule has 0 spiro atoms. The number of hydrogen-bond acceptors (Lipinski definition) is 3. The molecule has 0 aliphatic heterocycles. The molecule has 0 radical (unpaired) electrons. The lowest BCUT2D eigenvalue weighted by Crippen LogP contribution is -2.32. The molecule has 1 aromatic carbocycles. The maximum atomic E-state index is 11.1. The van der Waals surface area contributed by atoms with Crippen LogP contribution in [0.1, 0.15) is 5.56 Å². The highest BCUT2D eigenvalue weighted by Crippen LogP contribution is 2.22. The van der Waals surface area contributed by atoms with Crippen LogP contribution in [-0.4, -0.2) is 32.9 Å². The first-order chi connectivity index (χ1) is 8.50. The zero-order chi connectivity index (χ0) is 13.3. The molecule has 7 heteroatoms. The zero-order valence-corrected chi connectivity index (χ0v) is 10.6. The lowest BCUT2D eigenvalue weighted by molar-refractivity contribution is -0.138. The van der Waals surface area contributed by atoms with Crippen LogP contribution in [0.4, 0.5) is 4.79 Å². The number of aliphatic carboxylic acids is 1. The number of carbonyl (C=O) groups is 2. The molecule has 4 N–H and O–H groups in total. The van der Waals surface area contributed by atoms with Gasteiger partial charge in [0, 0.05) is 18.0 Å². The Morgan fingerprint density at radius 1 is 1.26 bits per heavy atom. The molecule has 1 atom stereocenters. The summed E-state index contributed by atoms with van der Waals surface area (Å²) in [5.74, 6) is -1.11. The Bertz CT molecular complexity index is 623. The van der Waals surface area contributed by atoms with Crippen molar-refractivity contribution in [1.82, 2.24) is 4.57 Å². The van der Waals surface area contributed by atoms with Crippen LogP contribution in [0.15, 0.2) is 30.5 Å². The van der Waals surface area contributed by atoms with E-state index in [2.05, 4.69) is 0 Å². The van der Waals surface area contributed by atoms with Crippen molar-refractivity contribution in [2.24, 2.45) is 5.73 Å². The minimum Gasteiger partial charge on any atom is -0.480 e. The average molecular weight is 285 g/mol. The maximum Gasteiger partial charge on any atom is 0.416 e. The number of aromatic nitrogens is 1. The van der Waals surface area contributed by atoms with Gasteiger partial charge in [0.05, 0.1) is 5.52 Å². The molecule has 2 rings (SSSR count). The normalized spacial score (nSPS) is 11.8. The Morgan fingerprint density at radius 2 is 1.89 bits per heavy atom. The first-order valence-corrected chi connectivity index (χ1v) is 5.31. The molecular formula is C12H13ClN2O4. The second-order valence-corrected chi connectivity index (χ2v) is 3.97. The molecule has 2 aromatic rings. The summed E-state index contributed by atoms with van der Waals surface area (Å²) in [5.41, 5.74) is 6.61. The van der Waals surface area contributed by atoms with Crippen molar-refractivity contribution in [3.8, 4) is 0 Å². The molecule has 6 nitrogen and oxygen atoms in total. The van der Waals surface area contributed by atoms with Crippen molar-refractivity contribution in [2.75, 3.05) is 0 Å².